The fourth-order valence-electron chi connectivity index (χ4n) is 7.63. The first-order chi connectivity index (χ1) is 25.4. The van der Waals surface area contributed by atoms with Crippen LogP contribution in [0.25, 0.3) is 43.1 Å². The van der Waals surface area contributed by atoms with E-state index in [4.69, 9.17) is 0 Å². The molecule has 0 heterocycles. The van der Waals surface area contributed by atoms with E-state index in [1.807, 2.05) is 0 Å². The van der Waals surface area contributed by atoms with Gasteiger partial charge in [0.1, 0.15) is 0 Å². The van der Waals surface area contributed by atoms with Crippen LogP contribution < -0.4 is 9.80 Å². The van der Waals surface area contributed by atoms with E-state index in [1.54, 1.807) is 0 Å². The topological polar surface area (TPSA) is 6.48 Å². The second-order valence-corrected chi connectivity index (χ2v) is 14.2. The molecule has 0 aliphatic carbocycles. The Hall–Kier alpha value is -6.38. The molecule has 0 aliphatic heterocycles. The van der Waals surface area contributed by atoms with Gasteiger partial charge < -0.3 is 9.80 Å². The van der Waals surface area contributed by atoms with Crippen LogP contribution in [0.3, 0.4) is 0 Å². The normalized spacial score (nSPS) is 11.5. The van der Waals surface area contributed by atoms with Crippen molar-refractivity contribution >= 4 is 77.2 Å². The maximum Gasteiger partial charge on any atom is 0.0620 e. The zero-order chi connectivity index (χ0) is 35.3. The summed E-state index contributed by atoms with van der Waals surface area (Å²) in [6.07, 6.45) is 0. The highest BCUT2D eigenvalue weighted by Crippen LogP contribution is 2.52. The van der Waals surface area contributed by atoms with Gasteiger partial charge in [0.05, 0.1) is 11.4 Å². The van der Waals surface area contributed by atoms with Crippen molar-refractivity contribution in [1.29, 1.82) is 0 Å². The molecule has 2 heteroatoms. The lowest BCUT2D eigenvalue weighted by Gasteiger charge is -2.33. The lowest BCUT2D eigenvalue weighted by atomic mass is 9.91. The van der Waals surface area contributed by atoms with Crippen LogP contribution in [0.15, 0.2) is 170 Å². The Morgan fingerprint density at radius 2 is 0.481 bits per heavy atom. The first-order valence-corrected chi connectivity index (χ1v) is 18.1. The lowest BCUT2D eigenvalue weighted by molar-refractivity contribution is 1.28. The average Bonchev–Trinajstić information content (AvgIpc) is 3.17. The summed E-state index contributed by atoms with van der Waals surface area (Å²) < 4.78 is 0. The fraction of sp³-hybridized carbons (Fsp3) is 0.0800. The van der Waals surface area contributed by atoms with Gasteiger partial charge in [-0.2, -0.15) is 0 Å². The van der Waals surface area contributed by atoms with Gasteiger partial charge in [-0.3, -0.25) is 0 Å². The maximum absolute atomic E-state index is 2.47. The Kier molecular flexibility index (Phi) is 7.74. The minimum Gasteiger partial charge on any atom is -0.309 e. The number of hydrogen-bond donors (Lipinski definition) is 0. The van der Waals surface area contributed by atoms with Crippen molar-refractivity contribution in [2.75, 3.05) is 9.80 Å². The summed E-state index contributed by atoms with van der Waals surface area (Å²) >= 11 is 0. The van der Waals surface area contributed by atoms with Gasteiger partial charge in [-0.05, 0) is 122 Å². The number of hydrogen-bond acceptors (Lipinski definition) is 2. The zero-order valence-corrected chi connectivity index (χ0v) is 30.1. The first-order valence-electron chi connectivity index (χ1n) is 18.1. The molecule has 2 nitrogen and oxygen atoms in total. The fourth-order valence-corrected chi connectivity index (χ4v) is 7.63. The maximum atomic E-state index is 2.47. The minimum absolute atomic E-state index is 1.13. The number of benzene rings is 9. The molecule has 0 spiro atoms. The van der Waals surface area contributed by atoms with Crippen LogP contribution in [0.4, 0.5) is 34.1 Å². The molecular formula is C50H40N2. The summed E-state index contributed by atoms with van der Waals surface area (Å²) in [5, 5.41) is 9.65. The second kappa shape index (κ2) is 12.7. The summed E-state index contributed by atoms with van der Waals surface area (Å²) in [5.41, 5.74) is 11.8. The van der Waals surface area contributed by atoms with Crippen molar-refractivity contribution in [3.05, 3.63) is 192 Å². The minimum atomic E-state index is 1.13. The Balaban J connectivity index is 1.51. The van der Waals surface area contributed by atoms with Gasteiger partial charge in [-0.25, -0.2) is 0 Å². The molecule has 250 valence electrons. The zero-order valence-electron chi connectivity index (χ0n) is 30.1. The highest BCUT2D eigenvalue weighted by molar-refractivity contribution is 6.27. The van der Waals surface area contributed by atoms with E-state index in [2.05, 4.69) is 207 Å². The van der Waals surface area contributed by atoms with E-state index >= 15 is 0 Å². The molecule has 0 aromatic heterocycles. The van der Waals surface area contributed by atoms with Gasteiger partial charge in [-0.1, -0.05) is 119 Å². The van der Waals surface area contributed by atoms with Crippen LogP contribution in [0.1, 0.15) is 22.3 Å². The number of rotatable bonds is 6. The van der Waals surface area contributed by atoms with E-state index in [0.29, 0.717) is 0 Å². The summed E-state index contributed by atoms with van der Waals surface area (Å²) in [6.45, 7) is 8.62. The van der Waals surface area contributed by atoms with Gasteiger partial charge in [0, 0.05) is 44.3 Å². The molecule has 9 aromatic carbocycles. The van der Waals surface area contributed by atoms with Crippen LogP contribution in [0.5, 0.6) is 0 Å². The smallest absolute Gasteiger partial charge is 0.0620 e. The molecule has 0 radical (unpaired) electrons. The molecule has 9 aromatic rings. The molecule has 0 aliphatic rings. The van der Waals surface area contributed by atoms with Crippen molar-refractivity contribution in [1.82, 2.24) is 0 Å². The third-order valence-corrected chi connectivity index (χ3v) is 10.4. The third kappa shape index (κ3) is 5.54. The summed E-state index contributed by atoms with van der Waals surface area (Å²) in [5.74, 6) is 0. The monoisotopic (exact) mass is 668 g/mol. The van der Waals surface area contributed by atoms with Crippen LogP contribution >= 0.6 is 0 Å². The molecule has 0 unspecified atom stereocenters. The summed E-state index contributed by atoms with van der Waals surface area (Å²) in [7, 11) is 0. The SMILES string of the molecule is Cc1ccc(N(c2ccc(C)cc2)c2c3cc4ccccc4cc3c(N(c3ccc(C)cc3)c3ccc(C)cc3)c3cc4ccccc4cc23)cc1. The molecule has 0 saturated carbocycles. The number of aryl methyl sites for hydroxylation is 4. The summed E-state index contributed by atoms with van der Waals surface area (Å²) in [6, 6.07) is 63.0. The van der Waals surface area contributed by atoms with Gasteiger partial charge in [0.2, 0.25) is 0 Å². The van der Waals surface area contributed by atoms with Crippen LogP contribution in [-0.2, 0) is 0 Å². The van der Waals surface area contributed by atoms with Gasteiger partial charge in [0.15, 0.2) is 0 Å². The number of fused-ring (bicyclic) bond motifs is 4. The van der Waals surface area contributed by atoms with Crippen molar-refractivity contribution < 1.29 is 0 Å². The quantitative estimate of drug-likeness (QED) is 0.129. The van der Waals surface area contributed by atoms with Crippen molar-refractivity contribution in [2.24, 2.45) is 0 Å². The van der Waals surface area contributed by atoms with E-state index in [9.17, 15) is 0 Å². The van der Waals surface area contributed by atoms with E-state index in [1.165, 1.54) is 76.7 Å². The van der Waals surface area contributed by atoms with E-state index < -0.39 is 0 Å². The van der Waals surface area contributed by atoms with Gasteiger partial charge in [0.25, 0.3) is 0 Å². The standard InChI is InChI=1S/C50H40N2/c1-33-13-21-41(22-14-33)51(42-23-15-34(2)16-24-42)49-45-29-37-9-5-7-11-39(37)31-47(45)50(48-32-40-12-8-6-10-38(40)30-46(48)49)52(43-25-17-35(3)18-26-43)44-27-19-36(4)20-28-44/h5-32H,1-4H3. The molecule has 0 N–H and O–H groups in total. The second-order valence-electron chi connectivity index (χ2n) is 14.2. The van der Waals surface area contributed by atoms with Crippen LogP contribution in [-0.4, -0.2) is 0 Å². The third-order valence-electron chi connectivity index (χ3n) is 10.4. The van der Waals surface area contributed by atoms with Crippen molar-refractivity contribution in [3.63, 3.8) is 0 Å². The predicted molar refractivity (Wildman–Crippen MR) is 225 cm³/mol. The first kappa shape index (κ1) is 31.6. The molecule has 0 bridgehead atoms. The highest BCUT2D eigenvalue weighted by atomic mass is 15.2. The van der Waals surface area contributed by atoms with Crippen LogP contribution in [0, 0.1) is 27.7 Å². The molecule has 0 saturated heterocycles. The highest BCUT2D eigenvalue weighted by Gasteiger charge is 2.26. The van der Waals surface area contributed by atoms with Crippen molar-refractivity contribution in [3.8, 4) is 0 Å². The number of anilines is 6. The number of nitrogens with zero attached hydrogens (tertiary/aromatic N) is 2. The molecule has 0 amide bonds. The average molecular weight is 669 g/mol. The predicted octanol–water partition coefficient (Wildman–Crippen LogP) is 14.5. The molecule has 0 atom stereocenters. The Morgan fingerprint density at radius 1 is 0.269 bits per heavy atom. The Morgan fingerprint density at radius 3 is 0.692 bits per heavy atom. The van der Waals surface area contributed by atoms with Crippen LogP contribution in [0.2, 0.25) is 0 Å². The Bertz CT molecular complexity index is 2360. The Labute approximate surface area is 305 Å². The van der Waals surface area contributed by atoms with Gasteiger partial charge >= 0.3 is 0 Å². The molecule has 9 rings (SSSR count). The van der Waals surface area contributed by atoms with E-state index in [-0.39, 0.29) is 0 Å². The summed E-state index contributed by atoms with van der Waals surface area (Å²) in [4.78, 5) is 4.94. The lowest BCUT2D eigenvalue weighted by Crippen LogP contribution is -2.15. The molecule has 0 fully saturated rings. The molecular weight excluding hydrogens is 629 g/mol. The van der Waals surface area contributed by atoms with E-state index in [0.717, 1.165) is 22.7 Å². The van der Waals surface area contributed by atoms with Gasteiger partial charge in [-0.15, -0.1) is 0 Å². The van der Waals surface area contributed by atoms with Crippen molar-refractivity contribution in [2.45, 2.75) is 27.7 Å². The largest absolute Gasteiger partial charge is 0.309 e. The molecule has 52 heavy (non-hydrogen) atoms.